The lowest BCUT2D eigenvalue weighted by molar-refractivity contribution is -0.141. The summed E-state index contributed by atoms with van der Waals surface area (Å²) in [6, 6.07) is 0. The third-order valence-electron chi connectivity index (χ3n) is 6.05. The Morgan fingerprint density at radius 3 is 1.45 bits per heavy atom. The van der Waals surface area contributed by atoms with Crippen molar-refractivity contribution in [3.8, 4) is 0 Å². The number of aliphatic hydroxyl groups is 2. The molecule has 2 N–H and O–H groups in total. The SMILES string of the molecule is COC(=O)CCCCCCCCCCCCCCC[C@H](O)[C@H](CO)OCCCCC(=O)OC. The van der Waals surface area contributed by atoms with Crippen LogP contribution in [0.1, 0.15) is 116 Å². The highest BCUT2D eigenvalue weighted by atomic mass is 16.5. The average Bonchev–Trinajstić information content (AvgIpc) is 2.83. The number of unbranched alkanes of at least 4 members (excludes halogenated alkanes) is 13. The average molecular weight is 475 g/mol. The van der Waals surface area contributed by atoms with Crippen LogP contribution >= 0.6 is 0 Å². The van der Waals surface area contributed by atoms with Gasteiger partial charge in [0.05, 0.1) is 26.9 Å². The minimum atomic E-state index is -0.643. The van der Waals surface area contributed by atoms with E-state index >= 15 is 0 Å². The van der Waals surface area contributed by atoms with E-state index in [1.165, 1.54) is 72.0 Å². The Morgan fingerprint density at radius 1 is 0.636 bits per heavy atom. The lowest BCUT2D eigenvalue weighted by Crippen LogP contribution is -2.32. The molecule has 0 bridgehead atoms. The van der Waals surface area contributed by atoms with Crippen molar-refractivity contribution >= 4 is 11.9 Å². The van der Waals surface area contributed by atoms with Gasteiger partial charge in [-0.25, -0.2) is 0 Å². The van der Waals surface area contributed by atoms with Crippen LogP contribution in [0, 0.1) is 0 Å². The molecule has 0 saturated heterocycles. The fourth-order valence-corrected chi connectivity index (χ4v) is 3.85. The van der Waals surface area contributed by atoms with Crippen LogP contribution in [-0.2, 0) is 23.8 Å². The van der Waals surface area contributed by atoms with Crippen molar-refractivity contribution in [1.82, 2.24) is 0 Å². The van der Waals surface area contributed by atoms with Crippen molar-refractivity contribution in [2.45, 2.75) is 128 Å². The lowest BCUT2D eigenvalue weighted by Gasteiger charge is -2.21. The molecule has 7 nitrogen and oxygen atoms in total. The molecule has 0 radical (unpaired) electrons. The standard InChI is InChI=1S/C26H50O7/c1-31-25(29)19-15-13-11-9-7-5-3-4-6-8-10-12-14-18-23(28)24(22-27)33-21-17-16-20-26(30)32-2/h23-24,27-28H,3-22H2,1-2H3/t23-,24-/m0/s1. The molecule has 0 aromatic rings. The number of hydrogen-bond acceptors (Lipinski definition) is 7. The molecule has 0 rings (SSSR count). The molecular weight excluding hydrogens is 424 g/mol. The van der Waals surface area contributed by atoms with Crippen LogP contribution in [0.5, 0.6) is 0 Å². The second-order valence-corrected chi connectivity index (χ2v) is 8.90. The molecule has 2 atom stereocenters. The van der Waals surface area contributed by atoms with Crippen LogP contribution in [0.3, 0.4) is 0 Å². The van der Waals surface area contributed by atoms with E-state index in [0.717, 1.165) is 25.7 Å². The van der Waals surface area contributed by atoms with Gasteiger partial charge in [-0.1, -0.05) is 77.0 Å². The maximum absolute atomic E-state index is 11.1. The first-order chi connectivity index (χ1) is 16.0. The highest BCUT2D eigenvalue weighted by Crippen LogP contribution is 2.15. The van der Waals surface area contributed by atoms with Gasteiger partial charge in [-0.15, -0.1) is 0 Å². The van der Waals surface area contributed by atoms with E-state index in [1.807, 2.05) is 0 Å². The van der Waals surface area contributed by atoms with E-state index < -0.39 is 12.2 Å². The maximum Gasteiger partial charge on any atom is 0.305 e. The molecule has 0 heterocycles. The van der Waals surface area contributed by atoms with Gasteiger partial charge in [0.2, 0.25) is 0 Å². The van der Waals surface area contributed by atoms with E-state index in [9.17, 15) is 19.8 Å². The normalized spacial score (nSPS) is 13.0. The van der Waals surface area contributed by atoms with Gasteiger partial charge < -0.3 is 24.4 Å². The highest BCUT2D eigenvalue weighted by Gasteiger charge is 2.18. The van der Waals surface area contributed by atoms with Gasteiger partial charge in [0.1, 0.15) is 6.10 Å². The summed E-state index contributed by atoms with van der Waals surface area (Å²) >= 11 is 0. The van der Waals surface area contributed by atoms with Crippen molar-refractivity contribution in [3.05, 3.63) is 0 Å². The van der Waals surface area contributed by atoms with Crippen LogP contribution in [0.4, 0.5) is 0 Å². The zero-order chi connectivity index (χ0) is 24.6. The van der Waals surface area contributed by atoms with Crippen molar-refractivity contribution in [2.75, 3.05) is 27.4 Å². The second-order valence-electron chi connectivity index (χ2n) is 8.90. The number of rotatable bonds is 24. The summed E-state index contributed by atoms with van der Waals surface area (Å²) in [4.78, 5) is 22.1. The minimum absolute atomic E-state index is 0.102. The number of carbonyl (C=O) groups is 2. The molecule has 0 aromatic heterocycles. The molecule has 0 aliphatic carbocycles. The first-order valence-electron chi connectivity index (χ1n) is 13.1. The summed E-state index contributed by atoms with van der Waals surface area (Å²) in [6.07, 6.45) is 17.2. The fraction of sp³-hybridized carbons (Fsp3) is 0.923. The Bertz CT molecular complexity index is 456. The third-order valence-corrected chi connectivity index (χ3v) is 6.05. The Morgan fingerprint density at radius 2 is 1.03 bits per heavy atom. The molecule has 0 aliphatic rings. The number of carbonyl (C=O) groups excluding carboxylic acids is 2. The Balaban J connectivity index is 3.43. The predicted octanol–water partition coefficient (Wildman–Crippen LogP) is 5.09. The summed E-state index contributed by atoms with van der Waals surface area (Å²) in [5.74, 6) is -0.329. The van der Waals surface area contributed by atoms with E-state index in [-0.39, 0.29) is 18.5 Å². The summed E-state index contributed by atoms with van der Waals surface area (Å²) in [5, 5.41) is 19.7. The molecular formula is C26H50O7. The van der Waals surface area contributed by atoms with Crippen molar-refractivity contribution < 1.29 is 34.0 Å². The molecule has 33 heavy (non-hydrogen) atoms. The summed E-state index contributed by atoms with van der Waals surface area (Å²) in [7, 11) is 2.82. The molecule has 0 spiro atoms. The smallest absolute Gasteiger partial charge is 0.305 e. The second kappa shape index (κ2) is 24.0. The monoisotopic (exact) mass is 474 g/mol. The lowest BCUT2D eigenvalue weighted by atomic mass is 10.0. The number of esters is 2. The number of ether oxygens (including phenoxy) is 3. The topological polar surface area (TPSA) is 102 Å². The molecule has 0 aliphatic heterocycles. The van der Waals surface area contributed by atoms with Crippen molar-refractivity contribution in [2.24, 2.45) is 0 Å². The Labute approximate surface area is 201 Å². The van der Waals surface area contributed by atoms with Gasteiger partial charge in [-0.05, 0) is 25.7 Å². The number of hydrogen-bond donors (Lipinski definition) is 2. The third kappa shape index (κ3) is 21.1. The fourth-order valence-electron chi connectivity index (χ4n) is 3.85. The van der Waals surface area contributed by atoms with Crippen LogP contribution in [0.15, 0.2) is 0 Å². The molecule has 0 saturated carbocycles. The highest BCUT2D eigenvalue weighted by molar-refractivity contribution is 5.69. The number of methoxy groups -OCH3 is 2. The number of aliphatic hydroxyl groups excluding tert-OH is 2. The summed E-state index contributed by atoms with van der Waals surface area (Å²) < 4.78 is 14.8. The zero-order valence-corrected chi connectivity index (χ0v) is 21.2. The molecule has 7 heteroatoms. The van der Waals surface area contributed by atoms with E-state index in [1.54, 1.807) is 0 Å². The van der Waals surface area contributed by atoms with Gasteiger partial charge in [0.15, 0.2) is 0 Å². The first kappa shape index (κ1) is 31.8. The maximum atomic E-state index is 11.1. The zero-order valence-electron chi connectivity index (χ0n) is 21.2. The molecule has 0 unspecified atom stereocenters. The van der Waals surface area contributed by atoms with E-state index in [2.05, 4.69) is 9.47 Å². The predicted molar refractivity (Wildman–Crippen MR) is 130 cm³/mol. The largest absolute Gasteiger partial charge is 0.469 e. The molecule has 0 fully saturated rings. The minimum Gasteiger partial charge on any atom is -0.469 e. The van der Waals surface area contributed by atoms with Crippen molar-refractivity contribution in [3.63, 3.8) is 0 Å². The van der Waals surface area contributed by atoms with Gasteiger partial charge in [0, 0.05) is 19.4 Å². The van der Waals surface area contributed by atoms with Gasteiger partial charge in [-0.3, -0.25) is 9.59 Å². The molecule has 0 aromatic carbocycles. The van der Waals surface area contributed by atoms with Gasteiger partial charge >= 0.3 is 11.9 Å². The molecule has 196 valence electrons. The Hall–Kier alpha value is -1.18. The van der Waals surface area contributed by atoms with Crippen LogP contribution in [0.2, 0.25) is 0 Å². The summed E-state index contributed by atoms with van der Waals surface area (Å²) in [6.45, 7) is 0.236. The summed E-state index contributed by atoms with van der Waals surface area (Å²) in [5.41, 5.74) is 0. The van der Waals surface area contributed by atoms with Gasteiger partial charge in [0.25, 0.3) is 0 Å². The van der Waals surface area contributed by atoms with Crippen LogP contribution in [0.25, 0.3) is 0 Å². The van der Waals surface area contributed by atoms with Crippen molar-refractivity contribution in [1.29, 1.82) is 0 Å². The van der Waals surface area contributed by atoms with Crippen LogP contribution < -0.4 is 0 Å². The first-order valence-corrected chi connectivity index (χ1v) is 13.1. The molecule has 0 amide bonds. The Kier molecular flexibility index (Phi) is 23.1. The van der Waals surface area contributed by atoms with E-state index in [0.29, 0.717) is 38.7 Å². The van der Waals surface area contributed by atoms with Crippen LogP contribution in [-0.4, -0.2) is 61.8 Å². The van der Waals surface area contributed by atoms with Gasteiger partial charge in [-0.2, -0.15) is 0 Å². The van der Waals surface area contributed by atoms with E-state index in [4.69, 9.17) is 4.74 Å². The quantitative estimate of drug-likeness (QED) is 0.148.